The summed E-state index contributed by atoms with van der Waals surface area (Å²) in [5, 5.41) is 3.49. The summed E-state index contributed by atoms with van der Waals surface area (Å²) in [5.74, 6) is 1.71. The van der Waals surface area contributed by atoms with E-state index in [9.17, 15) is 0 Å². The molecule has 1 unspecified atom stereocenters. The summed E-state index contributed by atoms with van der Waals surface area (Å²) >= 11 is 0. The molecule has 0 radical (unpaired) electrons. The first-order valence-corrected chi connectivity index (χ1v) is 6.15. The number of anilines is 1. The molecular weight excluding hydrogens is 216 g/mol. The van der Waals surface area contributed by atoms with Gasteiger partial charge in [-0.2, -0.15) is 0 Å². The van der Waals surface area contributed by atoms with E-state index in [1.54, 1.807) is 0 Å². The van der Waals surface area contributed by atoms with Crippen molar-refractivity contribution in [3.8, 4) is 11.5 Å². The van der Waals surface area contributed by atoms with Crippen LogP contribution in [-0.4, -0.2) is 32.0 Å². The Balaban J connectivity index is 1.88. The molecule has 1 N–H and O–H groups in total. The van der Waals surface area contributed by atoms with Crippen LogP contribution in [0.4, 0.5) is 5.69 Å². The highest BCUT2D eigenvalue weighted by Gasteiger charge is 2.25. The Bertz CT molecular complexity index is 422. The van der Waals surface area contributed by atoms with E-state index in [4.69, 9.17) is 9.47 Å². The zero-order valence-corrected chi connectivity index (χ0v) is 10.3. The number of piperazine rings is 1. The van der Waals surface area contributed by atoms with Crippen molar-refractivity contribution in [1.29, 1.82) is 0 Å². The molecule has 0 bridgehead atoms. The highest BCUT2D eigenvalue weighted by molar-refractivity contribution is 5.58. The molecule has 4 nitrogen and oxygen atoms in total. The highest BCUT2D eigenvalue weighted by atomic mass is 16.7. The Morgan fingerprint density at radius 1 is 1.24 bits per heavy atom. The lowest BCUT2D eigenvalue weighted by Gasteiger charge is -2.40. The van der Waals surface area contributed by atoms with Gasteiger partial charge in [0.2, 0.25) is 6.79 Å². The minimum Gasteiger partial charge on any atom is -0.454 e. The molecule has 1 fully saturated rings. The minimum atomic E-state index is 0.340. The van der Waals surface area contributed by atoms with Crippen molar-refractivity contribution in [2.75, 3.05) is 24.8 Å². The van der Waals surface area contributed by atoms with Crippen LogP contribution in [0.5, 0.6) is 11.5 Å². The molecule has 1 aromatic rings. The molecule has 0 aromatic heterocycles. The molecule has 0 saturated carbocycles. The van der Waals surface area contributed by atoms with Crippen molar-refractivity contribution >= 4 is 5.69 Å². The largest absolute Gasteiger partial charge is 0.454 e. The smallest absolute Gasteiger partial charge is 0.231 e. The van der Waals surface area contributed by atoms with E-state index in [0.29, 0.717) is 18.9 Å². The molecule has 2 heterocycles. The number of hydrogen-bond acceptors (Lipinski definition) is 4. The van der Waals surface area contributed by atoms with Gasteiger partial charge in [-0.15, -0.1) is 0 Å². The topological polar surface area (TPSA) is 33.7 Å². The fourth-order valence-corrected chi connectivity index (χ4v) is 2.48. The van der Waals surface area contributed by atoms with Crippen LogP contribution in [0.1, 0.15) is 13.8 Å². The lowest BCUT2D eigenvalue weighted by molar-refractivity contribution is 0.174. The van der Waals surface area contributed by atoms with E-state index in [1.807, 2.05) is 6.07 Å². The molecular formula is C13H18N2O2. The highest BCUT2D eigenvalue weighted by Crippen LogP contribution is 2.36. The third-order valence-corrected chi connectivity index (χ3v) is 3.72. The lowest BCUT2D eigenvalue weighted by Crippen LogP contribution is -2.55. The maximum Gasteiger partial charge on any atom is 0.231 e. The fraction of sp³-hybridized carbons (Fsp3) is 0.538. The molecule has 1 saturated heterocycles. The van der Waals surface area contributed by atoms with Gasteiger partial charge in [0.15, 0.2) is 11.5 Å². The fourth-order valence-electron chi connectivity index (χ4n) is 2.48. The van der Waals surface area contributed by atoms with Gasteiger partial charge in [0, 0.05) is 36.9 Å². The molecule has 3 rings (SSSR count). The van der Waals surface area contributed by atoms with Crippen LogP contribution in [-0.2, 0) is 0 Å². The molecule has 2 aliphatic rings. The lowest BCUT2D eigenvalue weighted by atomic mass is 10.1. The summed E-state index contributed by atoms with van der Waals surface area (Å²) < 4.78 is 10.8. The Morgan fingerprint density at radius 3 is 2.94 bits per heavy atom. The van der Waals surface area contributed by atoms with Crippen molar-refractivity contribution in [3.05, 3.63) is 18.2 Å². The van der Waals surface area contributed by atoms with Gasteiger partial charge in [-0.25, -0.2) is 0 Å². The molecule has 2 atom stereocenters. The predicted molar refractivity (Wildman–Crippen MR) is 66.8 cm³/mol. The third kappa shape index (κ3) is 1.82. The SMILES string of the molecule is CC1NCCN(c2ccc3c(c2)OCO3)[C@@H]1C. The first kappa shape index (κ1) is 10.7. The first-order valence-electron chi connectivity index (χ1n) is 6.15. The Morgan fingerprint density at radius 2 is 2.06 bits per heavy atom. The van der Waals surface area contributed by atoms with Crippen molar-refractivity contribution in [2.45, 2.75) is 25.9 Å². The Labute approximate surface area is 102 Å². The van der Waals surface area contributed by atoms with E-state index in [0.717, 1.165) is 24.6 Å². The van der Waals surface area contributed by atoms with Crippen LogP contribution < -0.4 is 19.7 Å². The minimum absolute atomic E-state index is 0.340. The van der Waals surface area contributed by atoms with Crippen LogP contribution in [0.3, 0.4) is 0 Å². The number of nitrogens with zero attached hydrogens (tertiary/aromatic N) is 1. The van der Waals surface area contributed by atoms with Gasteiger partial charge < -0.3 is 19.7 Å². The van der Waals surface area contributed by atoms with E-state index in [-0.39, 0.29) is 0 Å². The maximum absolute atomic E-state index is 5.43. The quantitative estimate of drug-likeness (QED) is 0.800. The predicted octanol–water partition coefficient (Wildman–Crippen LogP) is 1.60. The molecule has 2 aliphatic heterocycles. The molecule has 0 spiro atoms. The second-order valence-corrected chi connectivity index (χ2v) is 4.71. The van der Waals surface area contributed by atoms with Gasteiger partial charge in [-0.05, 0) is 26.0 Å². The number of nitrogens with one attached hydrogen (secondary N) is 1. The van der Waals surface area contributed by atoms with Crippen molar-refractivity contribution in [2.24, 2.45) is 0 Å². The summed E-state index contributed by atoms with van der Waals surface area (Å²) in [5.41, 5.74) is 1.22. The molecule has 4 heteroatoms. The summed E-state index contributed by atoms with van der Waals surface area (Å²) in [7, 11) is 0. The molecule has 0 amide bonds. The van der Waals surface area contributed by atoms with Crippen LogP contribution in [0, 0.1) is 0 Å². The molecule has 17 heavy (non-hydrogen) atoms. The van der Waals surface area contributed by atoms with Gasteiger partial charge >= 0.3 is 0 Å². The van der Waals surface area contributed by atoms with Crippen molar-refractivity contribution in [3.63, 3.8) is 0 Å². The molecule has 0 aliphatic carbocycles. The van der Waals surface area contributed by atoms with Gasteiger partial charge in [-0.3, -0.25) is 0 Å². The molecule has 1 aromatic carbocycles. The van der Waals surface area contributed by atoms with Crippen LogP contribution >= 0.6 is 0 Å². The average molecular weight is 234 g/mol. The normalized spacial score (nSPS) is 27.3. The standard InChI is InChI=1S/C13H18N2O2/c1-9-10(2)15(6-5-14-9)11-3-4-12-13(7-11)17-8-16-12/h3-4,7,9-10,14H,5-6,8H2,1-2H3/t9?,10-/m1/s1. The summed E-state index contributed by atoms with van der Waals surface area (Å²) in [6.45, 7) is 6.88. The second-order valence-electron chi connectivity index (χ2n) is 4.71. The third-order valence-electron chi connectivity index (χ3n) is 3.72. The summed E-state index contributed by atoms with van der Waals surface area (Å²) in [6, 6.07) is 7.19. The van der Waals surface area contributed by atoms with Gasteiger partial charge in [0.05, 0.1) is 0 Å². The number of hydrogen-bond donors (Lipinski definition) is 1. The van der Waals surface area contributed by atoms with E-state index in [1.165, 1.54) is 5.69 Å². The van der Waals surface area contributed by atoms with Gasteiger partial charge in [0.25, 0.3) is 0 Å². The zero-order valence-electron chi connectivity index (χ0n) is 10.3. The number of fused-ring (bicyclic) bond motifs is 1. The summed E-state index contributed by atoms with van der Waals surface area (Å²) in [4.78, 5) is 2.42. The van der Waals surface area contributed by atoms with E-state index >= 15 is 0 Å². The number of ether oxygens (including phenoxy) is 2. The van der Waals surface area contributed by atoms with E-state index in [2.05, 4.69) is 36.2 Å². The zero-order chi connectivity index (χ0) is 11.8. The van der Waals surface area contributed by atoms with Gasteiger partial charge in [0.1, 0.15) is 0 Å². The van der Waals surface area contributed by atoms with Crippen LogP contribution in [0.2, 0.25) is 0 Å². The first-order chi connectivity index (χ1) is 8.25. The van der Waals surface area contributed by atoms with E-state index < -0.39 is 0 Å². The van der Waals surface area contributed by atoms with Crippen LogP contribution in [0.15, 0.2) is 18.2 Å². The maximum atomic E-state index is 5.43. The monoisotopic (exact) mass is 234 g/mol. The Kier molecular flexibility index (Phi) is 2.59. The number of benzene rings is 1. The van der Waals surface area contributed by atoms with Crippen LogP contribution in [0.25, 0.3) is 0 Å². The summed E-state index contributed by atoms with van der Waals surface area (Å²) in [6.07, 6.45) is 0. The Hall–Kier alpha value is -1.42. The molecule has 92 valence electrons. The van der Waals surface area contributed by atoms with Crippen molar-refractivity contribution < 1.29 is 9.47 Å². The average Bonchev–Trinajstić information content (AvgIpc) is 2.79. The van der Waals surface area contributed by atoms with Gasteiger partial charge in [-0.1, -0.05) is 0 Å². The number of rotatable bonds is 1. The van der Waals surface area contributed by atoms with Crippen molar-refractivity contribution in [1.82, 2.24) is 5.32 Å². The second kappa shape index (κ2) is 4.11.